The zero-order valence-electron chi connectivity index (χ0n) is 19.2. The summed E-state index contributed by atoms with van der Waals surface area (Å²) in [7, 11) is 0. The highest BCUT2D eigenvalue weighted by Crippen LogP contribution is 2.33. The van der Waals surface area contributed by atoms with E-state index >= 15 is 0 Å². The SMILES string of the molecule is O=C1CCCN1Cc1cc2[nH]c(-c3ccccn3)nc2cc1Oc1ccc(N2CCCC2=O)cc1. The third-order valence-corrected chi connectivity index (χ3v) is 6.55. The summed E-state index contributed by atoms with van der Waals surface area (Å²) in [6.45, 7) is 1.97. The second-order valence-corrected chi connectivity index (χ2v) is 8.94. The quantitative estimate of drug-likeness (QED) is 0.445. The third-order valence-electron chi connectivity index (χ3n) is 6.55. The number of hydrogen-bond donors (Lipinski definition) is 1. The van der Waals surface area contributed by atoms with Crippen molar-refractivity contribution in [1.29, 1.82) is 0 Å². The Labute approximate surface area is 202 Å². The lowest BCUT2D eigenvalue weighted by atomic mass is 10.1. The first-order chi connectivity index (χ1) is 17.1. The van der Waals surface area contributed by atoms with Crippen LogP contribution in [0.5, 0.6) is 11.5 Å². The Morgan fingerprint density at radius 3 is 2.49 bits per heavy atom. The zero-order chi connectivity index (χ0) is 23.8. The zero-order valence-corrected chi connectivity index (χ0v) is 19.2. The van der Waals surface area contributed by atoms with Gasteiger partial charge in [0.25, 0.3) is 0 Å². The highest BCUT2D eigenvalue weighted by atomic mass is 16.5. The van der Waals surface area contributed by atoms with Crippen LogP contribution >= 0.6 is 0 Å². The van der Waals surface area contributed by atoms with Crippen molar-refractivity contribution in [2.24, 2.45) is 0 Å². The molecule has 2 fully saturated rings. The predicted octanol–water partition coefficient (Wildman–Crippen LogP) is 4.67. The molecule has 0 spiro atoms. The minimum absolute atomic E-state index is 0.156. The maximum Gasteiger partial charge on any atom is 0.227 e. The van der Waals surface area contributed by atoms with Gasteiger partial charge in [0.2, 0.25) is 11.8 Å². The number of H-pyrrole nitrogens is 1. The fourth-order valence-corrected chi connectivity index (χ4v) is 4.74. The molecule has 2 amide bonds. The molecule has 2 aliphatic heterocycles. The minimum Gasteiger partial charge on any atom is -0.457 e. The van der Waals surface area contributed by atoms with Crippen molar-refractivity contribution in [2.45, 2.75) is 32.2 Å². The first-order valence-electron chi connectivity index (χ1n) is 11.9. The summed E-state index contributed by atoms with van der Waals surface area (Å²) in [6, 6.07) is 17.2. The number of anilines is 1. The molecule has 0 atom stereocenters. The average molecular weight is 468 g/mol. The molecule has 0 aliphatic carbocycles. The number of aromatic nitrogens is 3. The van der Waals surface area contributed by atoms with Gasteiger partial charge in [0, 0.05) is 56.0 Å². The fraction of sp³-hybridized carbons (Fsp3) is 0.259. The molecular weight excluding hydrogens is 442 g/mol. The molecule has 2 aromatic heterocycles. The number of carbonyl (C=O) groups is 2. The van der Waals surface area contributed by atoms with E-state index in [-0.39, 0.29) is 11.8 Å². The van der Waals surface area contributed by atoms with Gasteiger partial charge in [-0.05, 0) is 55.3 Å². The van der Waals surface area contributed by atoms with Crippen LogP contribution in [0.2, 0.25) is 0 Å². The number of nitrogens with one attached hydrogen (secondary N) is 1. The fourth-order valence-electron chi connectivity index (χ4n) is 4.74. The number of carbonyl (C=O) groups excluding carboxylic acids is 2. The summed E-state index contributed by atoms with van der Waals surface area (Å²) in [6.07, 6.45) is 4.69. The molecule has 1 N–H and O–H groups in total. The average Bonchev–Trinajstić information content (AvgIpc) is 3.60. The standard InChI is InChI=1S/C27H25N5O3/c33-25-6-3-13-31(25)17-18-15-22-23(30-27(29-22)21-5-1-2-12-28-21)16-24(18)35-20-10-8-19(9-11-20)32-14-4-7-26(32)34/h1-2,5,8-12,15-16H,3-4,6-7,13-14,17H2,(H,29,30). The Bertz CT molecular complexity index is 1400. The molecule has 35 heavy (non-hydrogen) atoms. The van der Waals surface area contributed by atoms with Crippen LogP contribution in [0.3, 0.4) is 0 Å². The molecule has 176 valence electrons. The van der Waals surface area contributed by atoms with E-state index in [2.05, 4.69) is 9.97 Å². The van der Waals surface area contributed by atoms with Crippen LogP contribution in [-0.4, -0.2) is 44.8 Å². The number of nitrogens with zero attached hydrogens (tertiary/aromatic N) is 4. The van der Waals surface area contributed by atoms with Gasteiger partial charge in [0.15, 0.2) is 5.82 Å². The lowest BCUT2D eigenvalue weighted by Gasteiger charge is -2.19. The van der Waals surface area contributed by atoms with Gasteiger partial charge < -0.3 is 19.5 Å². The van der Waals surface area contributed by atoms with Crippen LogP contribution in [0, 0.1) is 0 Å². The molecule has 8 heteroatoms. The minimum atomic E-state index is 0.156. The van der Waals surface area contributed by atoms with Crippen LogP contribution in [0.25, 0.3) is 22.6 Å². The van der Waals surface area contributed by atoms with E-state index in [4.69, 9.17) is 9.72 Å². The van der Waals surface area contributed by atoms with E-state index in [1.54, 1.807) is 6.20 Å². The Morgan fingerprint density at radius 1 is 0.943 bits per heavy atom. The molecule has 2 aliphatic rings. The lowest BCUT2D eigenvalue weighted by molar-refractivity contribution is -0.128. The van der Waals surface area contributed by atoms with Crippen molar-refractivity contribution in [1.82, 2.24) is 19.9 Å². The summed E-state index contributed by atoms with van der Waals surface area (Å²) in [5, 5.41) is 0. The molecule has 0 bridgehead atoms. The number of aromatic amines is 1. The largest absolute Gasteiger partial charge is 0.457 e. The second kappa shape index (κ2) is 8.87. The molecule has 0 radical (unpaired) electrons. The van der Waals surface area contributed by atoms with E-state index in [9.17, 15) is 9.59 Å². The third kappa shape index (κ3) is 4.23. The van der Waals surface area contributed by atoms with Crippen LogP contribution in [0.4, 0.5) is 5.69 Å². The molecule has 2 saturated heterocycles. The van der Waals surface area contributed by atoms with Gasteiger partial charge >= 0.3 is 0 Å². The van der Waals surface area contributed by atoms with E-state index in [1.165, 1.54) is 0 Å². The first kappa shape index (κ1) is 21.3. The Morgan fingerprint density at radius 2 is 1.77 bits per heavy atom. The topological polar surface area (TPSA) is 91.4 Å². The van der Waals surface area contributed by atoms with Crippen LogP contribution in [0.15, 0.2) is 60.8 Å². The summed E-state index contributed by atoms with van der Waals surface area (Å²) in [5.74, 6) is 2.31. The van der Waals surface area contributed by atoms with E-state index < -0.39 is 0 Å². The predicted molar refractivity (Wildman–Crippen MR) is 132 cm³/mol. The van der Waals surface area contributed by atoms with Gasteiger partial charge in [-0.2, -0.15) is 0 Å². The van der Waals surface area contributed by atoms with Crippen molar-refractivity contribution in [3.8, 4) is 23.0 Å². The number of likely N-dealkylation sites (tertiary alicyclic amines) is 1. The smallest absolute Gasteiger partial charge is 0.227 e. The number of rotatable bonds is 6. The maximum absolute atomic E-state index is 12.3. The second-order valence-electron chi connectivity index (χ2n) is 8.94. The van der Waals surface area contributed by atoms with E-state index in [1.807, 2.05) is 64.4 Å². The van der Waals surface area contributed by atoms with Crippen molar-refractivity contribution >= 4 is 28.5 Å². The molecule has 4 aromatic rings. The van der Waals surface area contributed by atoms with Crippen LogP contribution in [-0.2, 0) is 16.1 Å². The monoisotopic (exact) mass is 467 g/mol. The normalized spacial score (nSPS) is 16.0. The van der Waals surface area contributed by atoms with E-state index in [0.29, 0.717) is 36.7 Å². The Hall–Kier alpha value is -4.20. The maximum atomic E-state index is 12.3. The summed E-state index contributed by atoms with van der Waals surface area (Å²) >= 11 is 0. The number of amides is 2. The van der Waals surface area contributed by atoms with Gasteiger partial charge in [0.05, 0.1) is 11.0 Å². The highest BCUT2D eigenvalue weighted by Gasteiger charge is 2.23. The van der Waals surface area contributed by atoms with Gasteiger partial charge in [-0.3, -0.25) is 14.6 Å². The number of ether oxygens (including phenoxy) is 1. The van der Waals surface area contributed by atoms with Crippen molar-refractivity contribution < 1.29 is 14.3 Å². The number of pyridine rings is 1. The molecule has 0 saturated carbocycles. The Balaban J connectivity index is 1.34. The highest BCUT2D eigenvalue weighted by molar-refractivity contribution is 5.95. The van der Waals surface area contributed by atoms with Gasteiger partial charge in [0.1, 0.15) is 17.2 Å². The first-order valence-corrected chi connectivity index (χ1v) is 11.9. The molecule has 8 nitrogen and oxygen atoms in total. The van der Waals surface area contributed by atoms with Crippen molar-refractivity contribution in [3.63, 3.8) is 0 Å². The number of hydrogen-bond acceptors (Lipinski definition) is 5. The number of fused-ring (bicyclic) bond motifs is 1. The molecule has 4 heterocycles. The molecule has 2 aromatic carbocycles. The van der Waals surface area contributed by atoms with Crippen LogP contribution in [0.1, 0.15) is 31.2 Å². The summed E-state index contributed by atoms with van der Waals surface area (Å²) in [4.78, 5) is 40.5. The van der Waals surface area contributed by atoms with Crippen molar-refractivity contribution in [2.75, 3.05) is 18.0 Å². The summed E-state index contributed by atoms with van der Waals surface area (Å²) < 4.78 is 6.31. The lowest BCUT2D eigenvalue weighted by Crippen LogP contribution is -2.24. The number of benzene rings is 2. The van der Waals surface area contributed by atoms with Gasteiger partial charge in [-0.15, -0.1) is 0 Å². The summed E-state index contributed by atoms with van der Waals surface area (Å²) in [5.41, 5.74) is 4.17. The molecule has 6 rings (SSSR count). The molecular formula is C27H25N5O3. The van der Waals surface area contributed by atoms with Gasteiger partial charge in [-0.1, -0.05) is 6.07 Å². The molecule has 0 unspecified atom stereocenters. The van der Waals surface area contributed by atoms with Crippen molar-refractivity contribution in [3.05, 3.63) is 66.4 Å². The Kier molecular flexibility index (Phi) is 5.41. The van der Waals surface area contributed by atoms with E-state index in [0.717, 1.165) is 53.9 Å². The number of imidazole rings is 1. The van der Waals surface area contributed by atoms with Crippen LogP contribution < -0.4 is 9.64 Å². The van der Waals surface area contributed by atoms with Gasteiger partial charge in [-0.25, -0.2) is 4.98 Å².